The highest BCUT2D eigenvalue weighted by Gasteiger charge is 2.42. The standard InChI is InChI=1S/C24H17Cl2F3N2O7/c25-14-5-1-12(2-6-14)21(33)36-11-18-17(38-22(34)13-3-7-15(26)8-4-13)9-19(37-18)31-10-16(24(27,28)29)20(32)30-23(31)35/h1-8,10,17-19H,9,11H2,(H,30,32,35)/t17-,18+,19-/m0/s1. The molecule has 0 unspecified atom stereocenters. The maximum Gasteiger partial charge on any atom is 0.423 e. The number of nitrogens with zero attached hydrogens (tertiary/aromatic N) is 1. The summed E-state index contributed by atoms with van der Waals surface area (Å²) in [5, 5.41) is 0.762. The third kappa shape index (κ3) is 6.26. The van der Waals surface area contributed by atoms with Gasteiger partial charge < -0.3 is 14.2 Å². The molecule has 0 amide bonds. The van der Waals surface area contributed by atoms with Crippen molar-refractivity contribution in [1.82, 2.24) is 9.55 Å². The van der Waals surface area contributed by atoms with Crippen LogP contribution in [0.3, 0.4) is 0 Å². The molecule has 4 rings (SSSR count). The fourth-order valence-electron chi connectivity index (χ4n) is 3.67. The highest BCUT2D eigenvalue weighted by Crippen LogP contribution is 2.32. The van der Waals surface area contributed by atoms with Crippen molar-refractivity contribution in [2.45, 2.75) is 31.0 Å². The lowest BCUT2D eigenvalue weighted by Crippen LogP contribution is -2.36. The number of ether oxygens (including phenoxy) is 3. The first-order valence-corrected chi connectivity index (χ1v) is 11.7. The fourth-order valence-corrected chi connectivity index (χ4v) is 3.92. The van der Waals surface area contributed by atoms with Gasteiger partial charge in [-0.15, -0.1) is 0 Å². The molecule has 38 heavy (non-hydrogen) atoms. The molecule has 9 nitrogen and oxygen atoms in total. The molecule has 0 radical (unpaired) electrons. The normalized spacial score (nSPS) is 19.2. The van der Waals surface area contributed by atoms with Crippen molar-refractivity contribution < 1.29 is 37.0 Å². The lowest BCUT2D eigenvalue weighted by atomic mass is 10.1. The highest BCUT2D eigenvalue weighted by atomic mass is 35.5. The van der Waals surface area contributed by atoms with Crippen molar-refractivity contribution in [3.05, 3.63) is 102 Å². The van der Waals surface area contributed by atoms with E-state index in [0.717, 1.165) is 0 Å². The average Bonchev–Trinajstić information content (AvgIpc) is 3.24. The van der Waals surface area contributed by atoms with Gasteiger partial charge in [0, 0.05) is 22.7 Å². The van der Waals surface area contributed by atoms with E-state index in [4.69, 9.17) is 37.4 Å². The number of rotatable bonds is 6. The van der Waals surface area contributed by atoms with Gasteiger partial charge in [-0.25, -0.2) is 14.4 Å². The molecule has 200 valence electrons. The van der Waals surface area contributed by atoms with Crippen LogP contribution in [-0.4, -0.2) is 40.3 Å². The van der Waals surface area contributed by atoms with Crippen LogP contribution in [-0.2, 0) is 20.4 Å². The van der Waals surface area contributed by atoms with Crippen LogP contribution < -0.4 is 11.2 Å². The maximum absolute atomic E-state index is 13.3. The van der Waals surface area contributed by atoms with E-state index >= 15 is 0 Å². The molecule has 2 aromatic carbocycles. The van der Waals surface area contributed by atoms with E-state index in [-0.39, 0.29) is 17.5 Å². The number of halogens is 5. The van der Waals surface area contributed by atoms with Crippen molar-refractivity contribution in [2.75, 3.05) is 6.61 Å². The summed E-state index contributed by atoms with van der Waals surface area (Å²) in [6.07, 6.45) is -8.70. The lowest BCUT2D eigenvalue weighted by molar-refractivity contribution is -0.139. The molecule has 1 aliphatic heterocycles. The van der Waals surface area contributed by atoms with Crippen LogP contribution in [0.4, 0.5) is 13.2 Å². The van der Waals surface area contributed by atoms with E-state index in [9.17, 15) is 32.3 Å². The van der Waals surface area contributed by atoms with E-state index < -0.39 is 60.0 Å². The summed E-state index contributed by atoms with van der Waals surface area (Å²) in [6.45, 7) is -0.471. The summed E-state index contributed by atoms with van der Waals surface area (Å²) in [5.74, 6) is -1.58. The van der Waals surface area contributed by atoms with Gasteiger partial charge in [-0.05, 0) is 48.5 Å². The Bertz CT molecular complexity index is 1450. The Morgan fingerprint density at radius 2 is 1.53 bits per heavy atom. The second-order valence-corrected chi connectivity index (χ2v) is 9.00. The van der Waals surface area contributed by atoms with Gasteiger partial charge in [0.1, 0.15) is 30.6 Å². The lowest BCUT2D eigenvalue weighted by Gasteiger charge is -2.19. The van der Waals surface area contributed by atoms with Crippen LogP contribution in [0.15, 0.2) is 64.3 Å². The Labute approximate surface area is 221 Å². The largest absolute Gasteiger partial charge is 0.459 e. The number of hydrogen-bond donors (Lipinski definition) is 1. The van der Waals surface area contributed by atoms with Gasteiger partial charge in [0.05, 0.1) is 11.1 Å². The van der Waals surface area contributed by atoms with Crippen molar-refractivity contribution in [3.8, 4) is 0 Å². The number of carbonyl (C=O) groups is 2. The molecule has 3 aromatic rings. The molecule has 0 bridgehead atoms. The van der Waals surface area contributed by atoms with E-state index in [1.807, 2.05) is 0 Å². The maximum atomic E-state index is 13.3. The zero-order valence-electron chi connectivity index (χ0n) is 19.0. The number of nitrogens with one attached hydrogen (secondary N) is 1. The highest BCUT2D eigenvalue weighted by molar-refractivity contribution is 6.31. The number of alkyl halides is 3. The Morgan fingerprint density at radius 1 is 0.974 bits per heavy atom. The minimum atomic E-state index is -5.05. The summed E-state index contributed by atoms with van der Waals surface area (Å²) in [6, 6.07) is 11.5. The first-order valence-electron chi connectivity index (χ1n) is 10.9. The van der Waals surface area contributed by atoms with Crippen molar-refractivity contribution in [1.29, 1.82) is 0 Å². The monoisotopic (exact) mass is 572 g/mol. The number of esters is 2. The molecular weight excluding hydrogens is 556 g/mol. The van der Waals surface area contributed by atoms with Gasteiger partial charge in [0.2, 0.25) is 0 Å². The van der Waals surface area contributed by atoms with Crippen molar-refractivity contribution in [3.63, 3.8) is 0 Å². The van der Waals surface area contributed by atoms with Gasteiger partial charge >= 0.3 is 23.8 Å². The third-order valence-electron chi connectivity index (χ3n) is 5.56. The van der Waals surface area contributed by atoms with E-state index in [0.29, 0.717) is 20.8 Å². The van der Waals surface area contributed by atoms with Gasteiger partial charge in [-0.3, -0.25) is 14.3 Å². The minimum absolute atomic E-state index is 0.121. The molecule has 1 fully saturated rings. The molecule has 14 heteroatoms. The average molecular weight is 573 g/mol. The minimum Gasteiger partial charge on any atom is -0.459 e. The topological polar surface area (TPSA) is 117 Å². The molecule has 0 spiro atoms. The number of carbonyl (C=O) groups excluding carboxylic acids is 2. The summed E-state index contributed by atoms with van der Waals surface area (Å²) in [5.41, 5.74) is -4.13. The molecule has 0 aliphatic carbocycles. The molecule has 1 aromatic heterocycles. The van der Waals surface area contributed by atoms with Crippen molar-refractivity contribution >= 4 is 35.1 Å². The second-order valence-electron chi connectivity index (χ2n) is 8.13. The van der Waals surface area contributed by atoms with E-state index in [1.54, 1.807) is 4.98 Å². The number of aromatic amines is 1. The summed E-state index contributed by atoms with van der Waals surface area (Å²) >= 11 is 11.6. The Kier molecular flexibility index (Phi) is 7.95. The Hall–Kier alpha value is -3.61. The van der Waals surface area contributed by atoms with Gasteiger partial charge in [-0.1, -0.05) is 23.2 Å². The zero-order valence-corrected chi connectivity index (χ0v) is 20.5. The second kappa shape index (κ2) is 11.0. The molecule has 1 saturated heterocycles. The molecular formula is C24H17Cl2F3N2O7. The SMILES string of the molecule is O=C(OC[C@H]1O[C@H](n2cc(C(F)(F)F)c(=O)[nH]c2=O)C[C@@H]1OC(=O)c1ccc(Cl)cc1)c1ccc(Cl)cc1. The van der Waals surface area contributed by atoms with E-state index in [1.165, 1.54) is 48.5 Å². The molecule has 3 atom stereocenters. The number of hydrogen-bond acceptors (Lipinski definition) is 7. The first kappa shape index (κ1) is 27.4. The third-order valence-corrected chi connectivity index (χ3v) is 6.06. The number of H-pyrrole nitrogens is 1. The quantitative estimate of drug-likeness (QED) is 0.439. The van der Waals surface area contributed by atoms with Crippen LogP contribution in [0.2, 0.25) is 10.0 Å². The van der Waals surface area contributed by atoms with Crippen LogP contribution >= 0.6 is 23.2 Å². The van der Waals surface area contributed by atoms with E-state index in [2.05, 4.69) is 0 Å². The molecule has 1 N–H and O–H groups in total. The van der Waals surface area contributed by atoms with Crippen LogP contribution in [0.5, 0.6) is 0 Å². The van der Waals surface area contributed by atoms with Gasteiger partial charge in [0.25, 0.3) is 5.56 Å². The smallest absolute Gasteiger partial charge is 0.423 e. The van der Waals surface area contributed by atoms with Crippen LogP contribution in [0.1, 0.15) is 38.9 Å². The number of aromatic nitrogens is 2. The van der Waals surface area contributed by atoms with Crippen molar-refractivity contribution in [2.24, 2.45) is 0 Å². The summed E-state index contributed by atoms with van der Waals surface area (Å²) in [4.78, 5) is 50.7. The first-order chi connectivity index (χ1) is 17.9. The molecule has 0 saturated carbocycles. The summed E-state index contributed by atoms with van der Waals surface area (Å²) in [7, 11) is 0. The fraction of sp³-hybridized carbons (Fsp3) is 0.250. The predicted molar refractivity (Wildman–Crippen MR) is 127 cm³/mol. The van der Waals surface area contributed by atoms with Gasteiger partial charge in [0.15, 0.2) is 0 Å². The predicted octanol–water partition coefficient (Wildman–Crippen LogP) is 4.23. The van der Waals surface area contributed by atoms with Crippen LogP contribution in [0.25, 0.3) is 0 Å². The summed E-state index contributed by atoms with van der Waals surface area (Å²) < 4.78 is 56.8. The molecule has 1 aliphatic rings. The molecule has 2 heterocycles. The van der Waals surface area contributed by atoms with Gasteiger partial charge in [-0.2, -0.15) is 13.2 Å². The zero-order chi connectivity index (χ0) is 27.6. The number of benzene rings is 2. The Morgan fingerprint density at radius 3 is 2.08 bits per heavy atom. The Balaban J connectivity index is 1.58. The van der Waals surface area contributed by atoms with Crippen LogP contribution in [0, 0.1) is 0 Å².